The van der Waals surface area contributed by atoms with Gasteiger partial charge in [-0.15, -0.1) is 0 Å². The maximum atomic E-state index is 13.4. The Morgan fingerprint density at radius 1 is 1.03 bits per heavy atom. The fraction of sp³-hybridized carbons (Fsp3) is 0.375. The lowest BCUT2D eigenvalue weighted by Gasteiger charge is -2.22. The van der Waals surface area contributed by atoms with E-state index in [9.17, 15) is 9.59 Å². The Kier molecular flexibility index (Phi) is 8.77. The van der Waals surface area contributed by atoms with E-state index in [0.717, 1.165) is 10.8 Å². The molecule has 170 valence electrons. The van der Waals surface area contributed by atoms with Crippen LogP contribution in [0.2, 0.25) is 0 Å². The number of benzene rings is 2. The number of hydrogen-bond acceptors (Lipinski definition) is 6. The van der Waals surface area contributed by atoms with Crippen LogP contribution >= 0.6 is 0 Å². The zero-order valence-electron chi connectivity index (χ0n) is 18.5. The molecule has 0 spiro atoms. The highest BCUT2D eigenvalue weighted by Crippen LogP contribution is 2.21. The fourth-order valence-corrected chi connectivity index (χ4v) is 3.39. The highest BCUT2D eigenvalue weighted by Gasteiger charge is 2.21. The molecular formula is C24H29N3O5. The van der Waals surface area contributed by atoms with Gasteiger partial charge in [0.05, 0.1) is 6.54 Å². The summed E-state index contributed by atoms with van der Waals surface area (Å²) in [7, 11) is 3.24. The van der Waals surface area contributed by atoms with Crippen LogP contribution in [0.1, 0.15) is 39.6 Å². The van der Waals surface area contributed by atoms with E-state index >= 15 is 0 Å². The molecule has 3 aromatic rings. The number of ether oxygens (including phenoxy) is 2. The highest BCUT2D eigenvalue weighted by molar-refractivity contribution is 6.07. The van der Waals surface area contributed by atoms with E-state index in [0.29, 0.717) is 50.6 Å². The number of carbonyl (C=O) groups is 2. The van der Waals surface area contributed by atoms with Gasteiger partial charge in [0.25, 0.3) is 11.8 Å². The second-order valence-corrected chi connectivity index (χ2v) is 7.33. The van der Waals surface area contributed by atoms with Crippen molar-refractivity contribution in [3.8, 4) is 0 Å². The van der Waals surface area contributed by atoms with Gasteiger partial charge in [0.15, 0.2) is 5.69 Å². The first-order chi connectivity index (χ1) is 15.6. The van der Waals surface area contributed by atoms with E-state index in [4.69, 9.17) is 13.9 Å². The second-order valence-electron chi connectivity index (χ2n) is 7.33. The van der Waals surface area contributed by atoms with Gasteiger partial charge in [-0.25, -0.2) is 4.98 Å². The Bertz CT molecular complexity index is 1030. The van der Waals surface area contributed by atoms with Crippen molar-refractivity contribution in [2.75, 3.05) is 40.5 Å². The third-order valence-corrected chi connectivity index (χ3v) is 5.01. The minimum absolute atomic E-state index is 0.123. The molecule has 1 N–H and O–H groups in total. The average Bonchev–Trinajstić information content (AvgIpc) is 3.29. The van der Waals surface area contributed by atoms with Gasteiger partial charge >= 0.3 is 0 Å². The summed E-state index contributed by atoms with van der Waals surface area (Å²) in [5.74, 6) is -0.137. The van der Waals surface area contributed by atoms with Gasteiger partial charge in [-0.1, -0.05) is 36.4 Å². The lowest BCUT2D eigenvalue weighted by molar-refractivity contribution is 0.0710. The molecule has 0 aliphatic heterocycles. The van der Waals surface area contributed by atoms with Gasteiger partial charge in [0.2, 0.25) is 5.89 Å². The van der Waals surface area contributed by atoms with Crippen LogP contribution in [0.15, 0.2) is 53.1 Å². The van der Waals surface area contributed by atoms with E-state index in [2.05, 4.69) is 10.3 Å². The molecule has 0 saturated heterocycles. The Labute approximate surface area is 187 Å². The van der Waals surface area contributed by atoms with Crippen LogP contribution in [0.4, 0.5) is 0 Å². The number of hydrogen-bond donors (Lipinski definition) is 1. The fourth-order valence-electron chi connectivity index (χ4n) is 3.39. The lowest BCUT2D eigenvalue weighted by atomic mass is 10.0. The summed E-state index contributed by atoms with van der Waals surface area (Å²) >= 11 is 0. The molecule has 8 nitrogen and oxygen atoms in total. The molecule has 0 radical (unpaired) electrons. The summed E-state index contributed by atoms with van der Waals surface area (Å²) in [6.07, 6.45) is 2.69. The number of nitrogens with one attached hydrogen (secondary N) is 1. The van der Waals surface area contributed by atoms with Crippen LogP contribution in [-0.2, 0) is 16.0 Å². The molecule has 2 amide bonds. The molecule has 32 heavy (non-hydrogen) atoms. The summed E-state index contributed by atoms with van der Waals surface area (Å²) in [6, 6.07) is 13.5. The highest BCUT2D eigenvalue weighted by atomic mass is 16.5. The van der Waals surface area contributed by atoms with Gasteiger partial charge in [-0.2, -0.15) is 0 Å². The van der Waals surface area contributed by atoms with Crippen molar-refractivity contribution in [1.29, 1.82) is 0 Å². The number of amides is 2. The first kappa shape index (κ1) is 23.4. The van der Waals surface area contributed by atoms with Crippen molar-refractivity contribution in [2.45, 2.75) is 19.4 Å². The van der Waals surface area contributed by atoms with Crippen LogP contribution in [0.3, 0.4) is 0 Å². The summed E-state index contributed by atoms with van der Waals surface area (Å²) in [6.45, 7) is 2.20. The second kappa shape index (κ2) is 12.0. The van der Waals surface area contributed by atoms with Gasteiger partial charge in [-0.05, 0) is 29.7 Å². The molecule has 0 bridgehead atoms. The number of nitrogens with zero attached hydrogens (tertiary/aromatic N) is 2. The van der Waals surface area contributed by atoms with Crippen molar-refractivity contribution in [3.05, 3.63) is 65.9 Å². The number of carbonyl (C=O) groups excluding carboxylic acids is 2. The van der Waals surface area contributed by atoms with E-state index < -0.39 is 0 Å². The normalized spacial score (nSPS) is 10.9. The molecule has 1 aromatic heterocycles. The zero-order chi connectivity index (χ0) is 22.8. The van der Waals surface area contributed by atoms with Crippen LogP contribution in [-0.4, -0.2) is 62.2 Å². The maximum absolute atomic E-state index is 13.4. The van der Waals surface area contributed by atoms with E-state index in [1.54, 1.807) is 19.1 Å². The van der Waals surface area contributed by atoms with Crippen molar-refractivity contribution < 1.29 is 23.5 Å². The summed E-state index contributed by atoms with van der Waals surface area (Å²) in [5, 5.41) is 4.66. The minimum Gasteiger partial charge on any atom is -0.446 e. The SMILES string of the molecule is COCCCNC(=O)c1coc(CN(CCCOC)C(=O)c2cccc3ccccc23)n1. The molecule has 1 heterocycles. The van der Waals surface area contributed by atoms with Gasteiger partial charge in [0.1, 0.15) is 6.26 Å². The van der Waals surface area contributed by atoms with Gasteiger partial charge in [0, 0.05) is 46.1 Å². The number of oxazole rings is 1. The Hall–Kier alpha value is -3.23. The van der Waals surface area contributed by atoms with Crippen LogP contribution < -0.4 is 5.32 Å². The van der Waals surface area contributed by atoms with E-state index in [1.165, 1.54) is 6.26 Å². The molecule has 0 unspecified atom stereocenters. The molecule has 0 aliphatic carbocycles. The smallest absolute Gasteiger partial charge is 0.273 e. The van der Waals surface area contributed by atoms with Crippen molar-refractivity contribution in [2.24, 2.45) is 0 Å². The Morgan fingerprint density at radius 2 is 1.78 bits per heavy atom. The predicted molar refractivity (Wildman–Crippen MR) is 121 cm³/mol. The maximum Gasteiger partial charge on any atom is 0.273 e. The van der Waals surface area contributed by atoms with Crippen LogP contribution in [0.5, 0.6) is 0 Å². The third-order valence-electron chi connectivity index (χ3n) is 5.01. The third kappa shape index (κ3) is 6.15. The van der Waals surface area contributed by atoms with Gasteiger partial charge < -0.3 is 24.1 Å². The van der Waals surface area contributed by atoms with E-state index in [-0.39, 0.29) is 24.1 Å². The first-order valence-corrected chi connectivity index (χ1v) is 10.6. The standard InChI is InChI=1S/C24H29N3O5/c1-30-14-6-12-25-23(28)21-17-32-22(26-21)16-27(13-7-15-31-2)24(29)20-11-5-9-18-8-3-4-10-19(18)20/h3-5,8-11,17H,6-7,12-16H2,1-2H3,(H,25,28). The van der Waals surface area contributed by atoms with Gasteiger partial charge in [-0.3, -0.25) is 9.59 Å². The lowest BCUT2D eigenvalue weighted by Crippen LogP contribution is -2.32. The van der Waals surface area contributed by atoms with E-state index in [1.807, 2.05) is 42.5 Å². The zero-order valence-corrected chi connectivity index (χ0v) is 18.5. The largest absolute Gasteiger partial charge is 0.446 e. The quantitative estimate of drug-likeness (QED) is 0.435. The number of fused-ring (bicyclic) bond motifs is 1. The number of rotatable bonds is 12. The minimum atomic E-state index is -0.317. The Morgan fingerprint density at radius 3 is 2.59 bits per heavy atom. The molecule has 0 saturated carbocycles. The van der Waals surface area contributed by atoms with Crippen molar-refractivity contribution in [1.82, 2.24) is 15.2 Å². The summed E-state index contributed by atoms with van der Waals surface area (Å²) in [4.78, 5) is 31.6. The van der Waals surface area contributed by atoms with Crippen molar-refractivity contribution in [3.63, 3.8) is 0 Å². The molecule has 2 aromatic carbocycles. The molecule has 0 fully saturated rings. The summed E-state index contributed by atoms with van der Waals surface area (Å²) in [5.41, 5.74) is 0.801. The predicted octanol–water partition coefficient (Wildman–Crippen LogP) is 3.27. The first-order valence-electron chi connectivity index (χ1n) is 10.6. The molecule has 0 aliphatic rings. The molecular weight excluding hydrogens is 410 g/mol. The monoisotopic (exact) mass is 439 g/mol. The molecule has 8 heteroatoms. The average molecular weight is 440 g/mol. The molecule has 0 atom stereocenters. The number of methoxy groups -OCH3 is 2. The summed E-state index contributed by atoms with van der Waals surface area (Å²) < 4.78 is 15.6. The molecule has 3 rings (SSSR count). The number of aromatic nitrogens is 1. The van der Waals surface area contributed by atoms with Crippen molar-refractivity contribution >= 4 is 22.6 Å². The van der Waals surface area contributed by atoms with Crippen LogP contribution in [0.25, 0.3) is 10.8 Å². The Balaban J connectivity index is 1.74. The van der Waals surface area contributed by atoms with Crippen LogP contribution in [0, 0.1) is 0 Å². The topological polar surface area (TPSA) is 93.9 Å².